The molecule has 0 aliphatic heterocycles. The van der Waals surface area contributed by atoms with E-state index < -0.39 is 0 Å². The fourth-order valence-corrected chi connectivity index (χ4v) is 1.26. The number of hydrogen-bond donors (Lipinski definition) is 0. The average molecular weight is 188 g/mol. The summed E-state index contributed by atoms with van der Waals surface area (Å²) in [5.41, 5.74) is 0.631. The van der Waals surface area contributed by atoms with Crippen LogP contribution in [0.5, 0.6) is 0 Å². The van der Waals surface area contributed by atoms with Crippen molar-refractivity contribution in [1.82, 2.24) is 20.3 Å². The number of nitrogens with zero attached hydrogens (tertiary/aromatic N) is 4. The van der Waals surface area contributed by atoms with E-state index in [2.05, 4.69) is 20.3 Å². The standard InChI is InChI=1S/C9H8N4O/c1-2-7(12-10-5-1)9-11-8(13-14-9)6-3-4-6/h1-2,5-6H,3-4H2. The van der Waals surface area contributed by atoms with E-state index in [0.717, 1.165) is 5.82 Å². The highest BCUT2D eigenvalue weighted by Crippen LogP contribution is 2.38. The molecule has 0 aromatic carbocycles. The second-order valence-corrected chi connectivity index (χ2v) is 3.34. The zero-order chi connectivity index (χ0) is 9.38. The third kappa shape index (κ3) is 1.26. The minimum Gasteiger partial charge on any atom is -0.332 e. The molecule has 0 amide bonds. The Morgan fingerprint density at radius 1 is 1.36 bits per heavy atom. The van der Waals surface area contributed by atoms with Gasteiger partial charge in [0.2, 0.25) is 0 Å². The zero-order valence-electron chi connectivity index (χ0n) is 7.42. The van der Waals surface area contributed by atoms with Gasteiger partial charge in [0, 0.05) is 12.1 Å². The van der Waals surface area contributed by atoms with E-state index in [0.29, 0.717) is 17.5 Å². The van der Waals surface area contributed by atoms with Crippen molar-refractivity contribution in [2.45, 2.75) is 18.8 Å². The highest BCUT2D eigenvalue weighted by Gasteiger charge is 2.29. The van der Waals surface area contributed by atoms with Crippen molar-refractivity contribution in [3.63, 3.8) is 0 Å². The van der Waals surface area contributed by atoms with Gasteiger partial charge in [0.15, 0.2) is 11.5 Å². The second kappa shape index (κ2) is 2.87. The molecule has 1 saturated carbocycles. The highest BCUT2D eigenvalue weighted by molar-refractivity contribution is 5.44. The maximum Gasteiger partial charge on any atom is 0.278 e. The van der Waals surface area contributed by atoms with Gasteiger partial charge in [-0.05, 0) is 25.0 Å². The molecule has 0 spiro atoms. The van der Waals surface area contributed by atoms with Crippen molar-refractivity contribution in [3.8, 4) is 11.6 Å². The molecule has 1 aliphatic carbocycles. The van der Waals surface area contributed by atoms with E-state index in [9.17, 15) is 0 Å². The third-order valence-electron chi connectivity index (χ3n) is 2.18. The van der Waals surface area contributed by atoms with Gasteiger partial charge in [-0.15, -0.1) is 5.10 Å². The van der Waals surface area contributed by atoms with Crippen LogP contribution in [0.3, 0.4) is 0 Å². The fraction of sp³-hybridized carbons (Fsp3) is 0.333. The van der Waals surface area contributed by atoms with Crippen LogP contribution in [0.1, 0.15) is 24.6 Å². The molecule has 14 heavy (non-hydrogen) atoms. The van der Waals surface area contributed by atoms with Crippen LogP contribution < -0.4 is 0 Å². The van der Waals surface area contributed by atoms with Gasteiger partial charge < -0.3 is 4.52 Å². The van der Waals surface area contributed by atoms with Gasteiger partial charge in [-0.2, -0.15) is 10.1 Å². The van der Waals surface area contributed by atoms with E-state index in [1.165, 1.54) is 12.8 Å². The van der Waals surface area contributed by atoms with Crippen molar-refractivity contribution in [2.24, 2.45) is 0 Å². The SMILES string of the molecule is c1cnnc(-c2nc(C3CC3)no2)c1. The largest absolute Gasteiger partial charge is 0.332 e. The third-order valence-corrected chi connectivity index (χ3v) is 2.18. The number of aromatic nitrogens is 4. The Labute approximate surface area is 80.2 Å². The Bertz CT molecular complexity index is 435. The maximum absolute atomic E-state index is 5.09. The molecule has 2 heterocycles. The first-order chi connectivity index (χ1) is 6.93. The molecule has 2 aromatic rings. The predicted molar refractivity (Wildman–Crippen MR) is 47.3 cm³/mol. The molecule has 0 N–H and O–H groups in total. The highest BCUT2D eigenvalue weighted by atomic mass is 16.5. The normalized spacial score (nSPS) is 15.7. The molecule has 0 unspecified atom stereocenters. The van der Waals surface area contributed by atoms with Crippen LogP contribution in [0.2, 0.25) is 0 Å². The van der Waals surface area contributed by atoms with Crippen molar-refractivity contribution in [3.05, 3.63) is 24.2 Å². The first-order valence-corrected chi connectivity index (χ1v) is 4.55. The van der Waals surface area contributed by atoms with Crippen LogP contribution in [0.15, 0.2) is 22.9 Å². The van der Waals surface area contributed by atoms with Gasteiger partial charge in [0.25, 0.3) is 5.89 Å². The summed E-state index contributed by atoms with van der Waals surface area (Å²) in [4.78, 5) is 4.26. The second-order valence-electron chi connectivity index (χ2n) is 3.34. The summed E-state index contributed by atoms with van der Waals surface area (Å²) in [6, 6.07) is 3.60. The van der Waals surface area contributed by atoms with Crippen LogP contribution >= 0.6 is 0 Å². The van der Waals surface area contributed by atoms with Crippen LogP contribution in [0, 0.1) is 0 Å². The Kier molecular flexibility index (Phi) is 1.56. The lowest BCUT2D eigenvalue weighted by Gasteiger charge is -1.87. The molecule has 2 aromatic heterocycles. The summed E-state index contributed by atoms with van der Waals surface area (Å²) in [5, 5.41) is 11.5. The molecule has 70 valence electrons. The molecule has 3 rings (SSSR count). The average Bonchev–Trinajstić information content (AvgIpc) is 2.98. The molecular weight excluding hydrogens is 180 g/mol. The predicted octanol–water partition coefficient (Wildman–Crippen LogP) is 1.40. The minimum absolute atomic E-state index is 0.458. The van der Waals surface area contributed by atoms with Crippen molar-refractivity contribution in [1.29, 1.82) is 0 Å². The van der Waals surface area contributed by atoms with Gasteiger partial charge in [0.05, 0.1) is 0 Å². The van der Waals surface area contributed by atoms with E-state index >= 15 is 0 Å². The van der Waals surface area contributed by atoms with Crippen LogP contribution in [0.25, 0.3) is 11.6 Å². The first kappa shape index (κ1) is 7.61. The summed E-state index contributed by atoms with van der Waals surface area (Å²) in [5.74, 6) is 1.76. The summed E-state index contributed by atoms with van der Waals surface area (Å²) in [6.07, 6.45) is 3.94. The van der Waals surface area contributed by atoms with Crippen LogP contribution in [-0.4, -0.2) is 20.3 Å². The van der Waals surface area contributed by atoms with Crippen molar-refractivity contribution >= 4 is 0 Å². The zero-order valence-corrected chi connectivity index (χ0v) is 7.42. The lowest BCUT2D eigenvalue weighted by molar-refractivity contribution is 0.421. The molecular formula is C9H8N4O. The molecule has 0 saturated heterocycles. The van der Waals surface area contributed by atoms with E-state index in [4.69, 9.17) is 4.52 Å². The fourth-order valence-electron chi connectivity index (χ4n) is 1.26. The Balaban J connectivity index is 1.96. The number of hydrogen-bond acceptors (Lipinski definition) is 5. The minimum atomic E-state index is 0.458. The van der Waals surface area contributed by atoms with Crippen LogP contribution in [-0.2, 0) is 0 Å². The monoisotopic (exact) mass is 188 g/mol. The summed E-state index contributed by atoms with van der Waals surface area (Å²) in [7, 11) is 0. The molecule has 0 atom stereocenters. The summed E-state index contributed by atoms with van der Waals surface area (Å²) < 4.78 is 5.09. The van der Waals surface area contributed by atoms with E-state index in [-0.39, 0.29) is 0 Å². The maximum atomic E-state index is 5.09. The molecule has 1 fully saturated rings. The van der Waals surface area contributed by atoms with E-state index in [1.807, 2.05) is 0 Å². The van der Waals surface area contributed by atoms with Crippen molar-refractivity contribution < 1.29 is 4.52 Å². The topological polar surface area (TPSA) is 64.7 Å². The summed E-state index contributed by atoms with van der Waals surface area (Å²) >= 11 is 0. The lowest BCUT2D eigenvalue weighted by Crippen LogP contribution is -1.86. The molecule has 5 nitrogen and oxygen atoms in total. The number of rotatable bonds is 2. The summed E-state index contributed by atoms with van der Waals surface area (Å²) in [6.45, 7) is 0. The Hall–Kier alpha value is -1.78. The Morgan fingerprint density at radius 2 is 2.29 bits per heavy atom. The van der Waals surface area contributed by atoms with Gasteiger partial charge in [0.1, 0.15) is 0 Å². The quantitative estimate of drug-likeness (QED) is 0.712. The van der Waals surface area contributed by atoms with Gasteiger partial charge >= 0.3 is 0 Å². The lowest BCUT2D eigenvalue weighted by atomic mass is 10.4. The molecule has 0 radical (unpaired) electrons. The van der Waals surface area contributed by atoms with Gasteiger partial charge in [-0.1, -0.05) is 5.16 Å². The van der Waals surface area contributed by atoms with Crippen molar-refractivity contribution in [2.75, 3.05) is 0 Å². The van der Waals surface area contributed by atoms with E-state index in [1.54, 1.807) is 18.3 Å². The first-order valence-electron chi connectivity index (χ1n) is 4.55. The smallest absolute Gasteiger partial charge is 0.278 e. The van der Waals surface area contributed by atoms with Gasteiger partial charge in [-0.3, -0.25) is 0 Å². The molecule has 5 heteroatoms. The molecule has 0 bridgehead atoms. The van der Waals surface area contributed by atoms with Crippen LogP contribution in [0.4, 0.5) is 0 Å². The van der Waals surface area contributed by atoms with Gasteiger partial charge in [-0.25, -0.2) is 0 Å². The Morgan fingerprint density at radius 3 is 3.00 bits per heavy atom. The molecule has 1 aliphatic rings.